The Labute approximate surface area is 240 Å². The largest absolute Gasteiger partial charge is 0.503 e. The van der Waals surface area contributed by atoms with Gasteiger partial charge < -0.3 is 24.1 Å². The Morgan fingerprint density at radius 2 is 1.76 bits per heavy atom. The van der Waals surface area contributed by atoms with Gasteiger partial charge in [0.1, 0.15) is 11.5 Å². The Kier molecular flexibility index (Phi) is 8.88. The molecule has 1 amide bonds. The van der Waals surface area contributed by atoms with Crippen LogP contribution in [0.25, 0.3) is 6.08 Å². The third-order valence-corrected chi connectivity index (χ3v) is 7.35. The molecule has 2 heterocycles. The van der Waals surface area contributed by atoms with Crippen LogP contribution in [0.5, 0.6) is 17.2 Å². The first kappa shape index (κ1) is 29.1. The number of thiazole rings is 1. The lowest BCUT2D eigenvalue weighted by molar-refractivity contribution is -0.117. The number of anilines is 1. The molecule has 1 N–H and O–H groups in total. The number of hydrogen-bond donors (Lipinski definition) is 1. The van der Waals surface area contributed by atoms with Crippen molar-refractivity contribution in [1.29, 1.82) is 0 Å². The van der Waals surface area contributed by atoms with Crippen LogP contribution in [0.4, 0.5) is 5.13 Å². The van der Waals surface area contributed by atoms with Crippen molar-refractivity contribution in [2.24, 2.45) is 0 Å². The van der Waals surface area contributed by atoms with Gasteiger partial charge in [0.05, 0.1) is 38.6 Å². The minimum Gasteiger partial charge on any atom is -0.503 e. The molecule has 2 aromatic carbocycles. The third-order valence-electron chi connectivity index (χ3n) is 6.21. The number of nitrogens with zero attached hydrogens (tertiary/aromatic N) is 2. The molecule has 4 rings (SSSR count). The number of ether oxygens (including phenoxy) is 4. The molecular weight excluding hydrogens is 548 g/mol. The van der Waals surface area contributed by atoms with Gasteiger partial charge in [0.15, 0.2) is 28.2 Å². The lowest BCUT2D eigenvalue weighted by Crippen LogP contribution is -2.31. The molecule has 10 nitrogen and oxygen atoms in total. The monoisotopic (exact) mass is 576 g/mol. The summed E-state index contributed by atoms with van der Waals surface area (Å²) in [6.45, 7) is 5.13. The van der Waals surface area contributed by atoms with Gasteiger partial charge in [-0.05, 0) is 36.3 Å². The first-order valence-corrected chi connectivity index (χ1v) is 13.2. The van der Waals surface area contributed by atoms with Crippen LogP contribution < -0.4 is 19.1 Å². The molecule has 1 unspecified atom stereocenters. The van der Waals surface area contributed by atoms with Crippen molar-refractivity contribution < 1.29 is 38.4 Å². The van der Waals surface area contributed by atoms with Crippen LogP contribution in [-0.2, 0) is 14.3 Å². The summed E-state index contributed by atoms with van der Waals surface area (Å²) in [7, 11) is 4.32. The maximum atomic E-state index is 13.6. The lowest BCUT2D eigenvalue weighted by Gasteiger charge is -2.25. The number of carbonyl (C=O) groups excluding carboxylic acids is 3. The average molecular weight is 577 g/mol. The topological polar surface area (TPSA) is 124 Å². The van der Waals surface area contributed by atoms with Crippen molar-refractivity contribution in [3.8, 4) is 17.2 Å². The van der Waals surface area contributed by atoms with Gasteiger partial charge in [0.25, 0.3) is 5.91 Å². The highest BCUT2D eigenvalue weighted by molar-refractivity contribution is 7.17. The van der Waals surface area contributed by atoms with Crippen LogP contribution in [0.2, 0.25) is 0 Å². The van der Waals surface area contributed by atoms with E-state index in [9.17, 15) is 19.5 Å². The molecule has 0 saturated heterocycles. The van der Waals surface area contributed by atoms with Gasteiger partial charge in [-0.1, -0.05) is 60.4 Å². The highest BCUT2D eigenvalue weighted by Gasteiger charge is 2.46. The molecule has 0 aliphatic carbocycles. The number of aromatic nitrogens is 1. The van der Waals surface area contributed by atoms with Gasteiger partial charge in [0, 0.05) is 0 Å². The molecule has 41 heavy (non-hydrogen) atoms. The summed E-state index contributed by atoms with van der Waals surface area (Å²) in [5, 5.41) is 11.1. The van der Waals surface area contributed by atoms with Crippen LogP contribution in [0.15, 0.2) is 72.5 Å². The van der Waals surface area contributed by atoms with Crippen molar-refractivity contribution in [3.05, 3.63) is 94.2 Å². The van der Waals surface area contributed by atoms with E-state index < -0.39 is 29.5 Å². The molecular formula is C30H28N2O8S. The van der Waals surface area contributed by atoms with Crippen molar-refractivity contribution in [2.75, 3.05) is 32.8 Å². The predicted molar refractivity (Wildman–Crippen MR) is 154 cm³/mol. The van der Waals surface area contributed by atoms with Gasteiger partial charge in [-0.25, -0.2) is 9.78 Å². The summed E-state index contributed by atoms with van der Waals surface area (Å²) in [4.78, 5) is 45.5. The number of aliphatic hydroxyl groups excluding tert-OH is 1. The van der Waals surface area contributed by atoms with E-state index in [1.165, 1.54) is 38.4 Å². The van der Waals surface area contributed by atoms with E-state index in [-0.39, 0.29) is 33.7 Å². The quantitative estimate of drug-likeness (QED) is 0.191. The molecule has 0 radical (unpaired) electrons. The van der Waals surface area contributed by atoms with Crippen molar-refractivity contribution in [3.63, 3.8) is 0 Å². The van der Waals surface area contributed by atoms with E-state index in [1.807, 2.05) is 30.3 Å². The fraction of sp³-hybridized carbons (Fsp3) is 0.200. The maximum absolute atomic E-state index is 13.6. The van der Waals surface area contributed by atoms with Gasteiger partial charge in [-0.3, -0.25) is 14.5 Å². The van der Waals surface area contributed by atoms with Gasteiger partial charge in [-0.15, -0.1) is 0 Å². The van der Waals surface area contributed by atoms with E-state index in [0.717, 1.165) is 16.9 Å². The first-order chi connectivity index (χ1) is 19.7. The Morgan fingerprint density at radius 3 is 2.34 bits per heavy atom. The first-order valence-electron chi connectivity index (χ1n) is 12.3. The normalized spacial score (nSPS) is 14.9. The Balaban J connectivity index is 1.87. The molecule has 3 aromatic rings. The van der Waals surface area contributed by atoms with E-state index in [2.05, 4.69) is 11.6 Å². The summed E-state index contributed by atoms with van der Waals surface area (Å²) in [5.74, 6) is -1.99. The highest BCUT2D eigenvalue weighted by atomic mass is 32.1. The van der Waals surface area contributed by atoms with Crippen LogP contribution in [0.1, 0.15) is 32.5 Å². The van der Waals surface area contributed by atoms with E-state index in [0.29, 0.717) is 17.0 Å². The van der Waals surface area contributed by atoms with E-state index in [1.54, 1.807) is 25.1 Å². The van der Waals surface area contributed by atoms with Crippen LogP contribution in [0.3, 0.4) is 0 Å². The molecule has 11 heteroatoms. The molecule has 1 aliphatic heterocycles. The number of hydrogen-bond acceptors (Lipinski definition) is 10. The number of ketones is 1. The van der Waals surface area contributed by atoms with Gasteiger partial charge in [0.2, 0.25) is 5.75 Å². The molecule has 212 valence electrons. The number of carbonyl (C=O) groups is 3. The zero-order valence-corrected chi connectivity index (χ0v) is 23.7. The fourth-order valence-corrected chi connectivity index (χ4v) is 5.32. The third kappa shape index (κ3) is 5.71. The molecule has 0 fully saturated rings. The summed E-state index contributed by atoms with van der Waals surface area (Å²) in [6.07, 6.45) is 4.31. The smallest absolute Gasteiger partial charge is 0.350 e. The second-order valence-electron chi connectivity index (χ2n) is 8.71. The second-order valence-corrected chi connectivity index (χ2v) is 9.68. The summed E-state index contributed by atoms with van der Waals surface area (Å²) in [6, 6.07) is 11.1. The average Bonchev–Trinajstić information content (AvgIpc) is 3.50. The molecule has 1 aromatic heterocycles. The molecule has 0 bridgehead atoms. The number of aryl methyl sites for hydroxylation is 1. The number of allylic oxidation sites excluding steroid dienone is 1. The number of benzene rings is 2. The van der Waals surface area contributed by atoms with Crippen molar-refractivity contribution >= 4 is 40.2 Å². The number of rotatable bonds is 11. The highest BCUT2D eigenvalue weighted by Crippen LogP contribution is 2.47. The predicted octanol–water partition coefficient (Wildman–Crippen LogP) is 5.00. The lowest BCUT2D eigenvalue weighted by atomic mass is 9.95. The van der Waals surface area contributed by atoms with Gasteiger partial charge >= 0.3 is 5.97 Å². The second kappa shape index (κ2) is 12.5. The minimum atomic E-state index is -1.15. The number of aliphatic hydroxyl groups is 1. The molecule has 1 atom stereocenters. The Hall–Kier alpha value is -4.90. The summed E-state index contributed by atoms with van der Waals surface area (Å²) >= 11 is 0.902. The summed E-state index contributed by atoms with van der Waals surface area (Å²) in [5.41, 5.74) is 1.26. The zero-order chi connectivity index (χ0) is 29.7. The van der Waals surface area contributed by atoms with Gasteiger partial charge in [-0.2, -0.15) is 0 Å². The van der Waals surface area contributed by atoms with Crippen LogP contribution >= 0.6 is 11.3 Å². The SMILES string of the molecule is C=CCOC(=O)c1sc(N2C(=O)C(O)=C(C(=O)C=Cc3ccccc3)C2c2cc(OC)c(OC)c(OC)c2)nc1C. The van der Waals surface area contributed by atoms with Crippen molar-refractivity contribution in [1.82, 2.24) is 4.98 Å². The number of esters is 1. The van der Waals surface area contributed by atoms with Crippen LogP contribution in [-0.4, -0.2) is 55.7 Å². The van der Waals surface area contributed by atoms with E-state index >= 15 is 0 Å². The van der Waals surface area contributed by atoms with Crippen molar-refractivity contribution in [2.45, 2.75) is 13.0 Å². The van der Waals surface area contributed by atoms with Crippen LogP contribution in [0, 0.1) is 6.92 Å². The standard InChI is InChI=1S/C30H28N2O8S/c1-6-14-40-29(36)27-17(2)31-30(41-27)32-24(19-15-21(37-3)26(39-5)22(16-19)38-4)23(25(34)28(32)35)20(33)13-12-18-10-8-7-9-11-18/h6-13,15-16,24,34H,1,14H2,2-5H3. The molecule has 1 aliphatic rings. The fourth-order valence-electron chi connectivity index (χ4n) is 4.33. The maximum Gasteiger partial charge on any atom is 0.350 e. The Bertz CT molecular complexity index is 1530. The number of amides is 1. The number of methoxy groups -OCH3 is 3. The minimum absolute atomic E-state index is 0.00302. The summed E-state index contributed by atoms with van der Waals surface area (Å²) < 4.78 is 21.6. The molecule has 0 saturated carbocycles. The zero-order valence-electron chi connectivity index (χ0n) is 22.9. The molecule has 0 spiro atoms. The Morgan fingerprint density at radius 1 is 1.10 bits per heavy atom. The van der Waals surface area contributed by atoms with E-state index in [4.69, 9.17) is 18.9 Å².